The van der Waals surface area contributed by atoms with Gasteiger partial charge in [0.25, 0.3) is 11.1 Å². The third-order valence-corrected chi connectivity index (χ3v) is 8.09. The molecular weight excluding hydrogens is 612 g/mol. The summed E-state index contributed by atoms with van der Waals surface area (Å²) in [5, 5.41) is 4.21. The molecule has 14 heteroatoms. The zero-order chi connectivity index (χ0) is 31.3. The smallest absolute Gasteiger partial charge is 0.416 e. The maximum absolute atomic E-state index is 15.2. The van der Waals surface area contributed by atoms with Crippen molar-refractivity contribution in [2.75, 3.05) is 13.1 Å². The van der Waals surface area contributed by atoms with Crippen LogP contribution in [0.2, 0.25) is 5.02 Å². The van der Waals surface area contributed by atoms with Crippen molar-refractivity contribution in [1.82, 2.24) is 19.6 Å². The largest absolute Gasteiger partial charge is 0.444 e. The van der Waals surface area contributed by atoms with Crippen LogP contribution in [0.3, 0.4) is 0 Å². The third kappa shape index (κ3) is 6.67. The highest BCUT2D eigenvalue weighted by atomic mass is 35.5. The van der Waals surface area contributed by atoms with Crippen molar-refractivity contribution in [3.8, 4) is 0 Å². The molecule has 2 atom stereocenters. The number of amides is 3. The van der Waals surface area contributed by atoms with Crippen molar-refractivity contribution in [3.05, 3.63) is 69.2 Å². The lowest BCUT2D eigenvalue weighted by atomic mass is 10.0. The van der Waals surface area contributed by atoms with E-state index >= 15 is 4.39 Å². The number of likely N-dealkylation sites (tertiary alicyclic amines) is 1. The molecule has 0 radical (unpaired) electrons. The summed E-state index contributed by atoms with van der Waals surface area (Å²) in [6, 6.07) is 7.56. The quantitative estimate of drug-likeness (QED) is 0.223. The Morgan fingerprint density at radius 2 is 1.91 bits per heavy atom. The molecule has 8 nitrogen and oxygen atoms in total. The number of fused-ring (bicyclic) bond motifs is 1. The first kappa shape index (κ1) is 30.9. The molecule has 43 heavy (non-hydrogen) atoms. The minimum Gasteiger partial charge on any atom is -0.444 e. The van der Waals surface area contributed by atoms with Crippen LogP contribution in [0.5, 0.6) is 0 Å². The monoisotopic (exact) mass is 638 g/mol. The Kier molecular flexibility index (Phi) is 8.25. The summed E-state index contributed by atoms with van der Waals surface area (Å²) < 4.78 is 62.6. The highest BCUT2D eigenvalue weighted by Gasteiger charge is 2.46. The molecule has 3 aromatic rings. The molecule has 228 valence electrons. The molecule has 2 unspecified atom stereocenters. The topological polar surface area (TPSA) is 84.7 Å². The van der Waals surface area contributed by atoms with Gasteiger partial charge in [-0.1, -0.05) is 23.7 Å². The number of hydrogen-bond donors (Lipinski definition) is 0. The minimum absolute atomic E-state index is 0.00254. The van der Waals surface area contributed by atoms with E-state index in [2.05, 4.69) is 5.10 Å². The fraction of sp³-hybridized carbons (Fsp3) is 0.379. The molecule has 2 aliphatic heterocycles. The molecule has 2 fully saturated rings. The van der Waals surface area contributed by atoms with Gasteiger partial charge in [-0.2, -0.15) is 18.3 Å². The number of benzene rings is 2. The van der Waals surface area contributed by atoms with Crippen LogP contribution in [0.15, 0.2) is 47.5 Å². The fourth-order valence-corrected chi connectivity index (χ4v) is 6.08. The molecule has 0 spiro atoms. The normalized spacial score (nSPS) is 20.9. The molecule has 0 bridgehead atoms. The van der Waals surface area contributed by atoms with E-state index in [0.29, 0.717) is 28.2 Å². The molecule has 3 amide bonds. The number of hydrogen-bond acceptors (Lipinski definition) is 6. The van der Waals surface area contributed by atoms with Crippen LogP contribution in [0.25, 0.3) is 17.0 Å². The Morgan fingerprint density at radius 3 is 2.58 bits per heavy atom. The van der Waals surface area contributed by atoms with Crippen molar-refractivity contribution in [2.24, 2.45) is 0 Å². The van der Waals surface area contributed by atoms with E-state index in [1.54, 1.807) is 39.0 Å². The van der Waals surface area contributed by atoms with Gasteiger partial charge in [0.05, 0.1) is 41.3 Å². The number of piperidine rings is 1. The van der Waals surface area contributed by atoms with Gasteiger partial charge in [-0.15, -0.1) is 0 Å². The van der Waals surface area contributed by atoms with Crippen LogP contribution in [-0.4, -0.2) is 67.7 Å². The molecule has 1 aromatic heterocycles. The highest BCUT2D eigenvalue weighted by Crippen LogP contribution is 2.37. The van der Waals surface area contributed by atoms with Gasteiger partial charge in [0.1, 0.15) is 11.8 Å². The Hall–Kier alpha value is -3.58. The van der Waals surface area contributed by atoms with Crippen molar-refractivity contribution in [1.29, 1.82) is 0 Å². The molecule has 5 rings (SSSR count). The third-order valence-electron chi connectivity index (χ3n) is 6.98. The predicted octanol–water partition coefficient (Wildman–Crippen LogP) is 7.14. The lowest BCUT2D eigenvalue weighted by Crippen LogP contribution is -2.55. The van der Waals surface area contributed by atoms with Crippen molar-refractivity contribution < 1.29 is 36.7 Å². The molecule has 0 N–H and O–H groups in total. The second-order valence-electron chi connectivity index (χ2n) is 11.3. The van der Waals surface area contributed by atoms with Crippen LogP contribution in [-0.2, 0) is 22.3 Å². The number of thioether (sulfide) groups is 1. The predicted molar refractivity (Wildman–Crippen MR) is 154 cm³/mol. The van der Waals surface area contributed by atoms with Crippen molar-refractivity contribution in [3.63, 3.8) is 0 Å². The van der Waals surface area contributed by atoms with Gasteiger partial charge in [-0.25, -0.2) is 9.18 Å². The number of alkyl halides is 4. The fourth-order valence-electron chi connectivity index (χ4n) is 5.03. The van der Waals surface area contributed by atoms with E-state index in [9.17, 15) is 27.6 Å². The van der Waals surface area contributed by atoms with Gasteiger partial charge >= 0.3 is 12.3 Å². The summed E-state index contributed by atoms with van der Waals surface area (Å²) in [6.45, 7) is 4.79. The lowest BCUT2D eigenvalue weighted by Gasteiger charge is -2.38. The van der Waals surface area contributed by atoms with E-state index in [1.165, 1.54) is 34.0 Å². The van der Waals surface area contributed by atoms with E-state index < -0.39 is 46.8 Å². The second-order valence-corrected chi connectivity index (χ2v) is 12.7. The Morgan fingerprint density at radius 1 is 1.16 bits per heavy atom. The molecular formula is C29H27ClF4N4O4S. The van der Waals surface area contributed by atoms with Crippen LogP contribution in [0, 0.1) is 0 Å². The second kappa shape index (κ2) is 11.5. The number of rotatable bonds is 4. The van der Waals surface area contributed by atoms with Crippen molar-refractivity contribution >= 4 is 57.6 Å². The van der Waals surface area contributed by atoms with Gasteiger partial charge < -0.3 is 9.64 Å². The van der Waals surface area contributed by atoms with Crippen molar-refractivity contribution in [2.45, 2.75) is 57.7 Å². The minimum atomic E-state index is -4.59. The first-order chi connectivity index (χ1) is 20.1. The summed E-state index contributed by atoms with van der Waals surface area (Å²) in [7, 11) is 0. The molecule has 2 saturated heterocycles. The van der Waals surface area contributed by atoms with Gasteiger partial charge in [-0.3, -0.25) is 19.2 Å². The summed E-state index contributed by atoms with van der Waals surface area (Å²) in [4.78, 5) is 40.6. The standard InChI is InChI=1S/C29H27ClF4N4O4S/c1-28(2,3)42-26(40)36-9-8-23(21(31)15-36)38-25(39)24(43-27(38)41)11-16-4-7-22-18(10-16)13-35-37(22)14-17-5-6-19(30)12-20(17)29(32,33)34/h4-7,10-13,21,23H,8-9,14-15H2,1-3H3. The van der Waals surface area contributed by atoms with Crippen LogP contribution in [0.4, 0.5) is 27.2 Å². The summed E-state index contributed by atoms with van der Waals surface area (Å²) in [5.41, 5.74) is -0.474. The van der Waals surface area contributed by atoms with Crippen LogP contribution >= 0.6 is 23.4 Å². The molecule has 2 aliphatic rings. The van der Waals surface area contributed by atoms with Crippen LogP contribution < -0.4 is 0 Å². The average molecular weight is 639 g/mol. The maximum atomic E-state index is 15.2. The van der Waals surface area contributed by atoms with Gasteiger partial charge in [0, 0.05) is 17.0 Å². The SMILES string of the molecule is CC(C)(C)OC(=O)N1CCC(N2C(=O)SC(=Cc3ccc4c(cnn4Cc4ccc(Cl)cc4C(F)(F)F)c3)C2=O)C(F)C1. The zero-order valence-electron chi connectivity index (χ0n) is 23.3. The van der Waals surface area contributed by atoms with Crippen LogP contribution in [0.1, 0.15) is 43.9 Å². The summed E-state index contributed by atoms with van der Waals surface area (Å²) in [5.74, 6) is -0.633. The number of nitrogens with zero attached hydrogens (tertiary/aromatic N) is 4. The molecule has 0 aliphatic carbocycles. The first-order valence-corrected chi connectivity index (χ1v) is 14.5. The number of ether oxygens (including phenoxy) is 1. The Balaban J connectivity index is 1.31. The Labute approximate surface area is 253 Å². The van der Waals surface area contributed by atoms with E-state index in [4.69, 9.17) is 16.3 Å². The van der Waals surface area contributed by atoms with Gasteiger partial charge in [-0.05, 0) is 80.4 Å². The van der Waals surface area contributed by atoms with Gasteiger partial charge in [0.2, 0.25) is 0 Å². The highest BCUT2D eigenvalue weighted by molar-refractivity contribution is 8.18. The number of halogens is 5. The summed E-state index contributed by atoms with van der Waals surface area (Å²) in [6.07, 6.45) is -3.82. The number of carbonyl (C=O) groups is 3. The average Bonchev–Trinajstić information content (AvgIpc) is 3.42. The summed E-state index contributed by atoms with van der Waals surface area (Å²) >= 11 is 6.48. The van der Waals surface area contributed by atoms with E-state index in [1.807, 2.05) is 0 Å². The molecule has 0 saturated carbocycles. The number of aromatic nitrogens is 2. The van der Waals surface area contributed by atoms with Gasteiger partial charge in [0.15, 0.2) is 0 Å². The molecule has 3 heterocycles. The first-order valence-electron chi connectivity index (χ1n) is 13.3. The van der Waals surface area contributed by atoms with E-state index in [-0.39, 0.29) is 41.5 Å². The number of imide groups is 1. The van der Waals surface area contributed by atoms with E-state index in [0.717, 1.165) is 11.0 Å². The zero-order valence-corrected chi connectivity index (χ0v) is 24.9. The maximum Gasteiger partial charge on any atom is 0.416 e. The Bertz CT molecular complexity index is 1630. The molecule has 2 aromatic carbocycles. The number of carbonyl (C=O) groups excluding carboxylic acids is 3. The lowest BCUT2D eigenvalue weighted by molar-refractivity contribution is -0.138.